The van der Waals surface area contributed by atoms with Crippen LogP contribution in [0.5, 0.6) is 0 Å². The van der Waals surface area contributed by atoms with E-state index in [2.05, 4.69) is 47.1 Å². The van der Waals surface area contributed by atoms with Crippen LogP contribution in [0, 0.1) is 18.3 Å². The standard InChI is InChI=1S/C27H26F3N7O/c1-16-9-20(7-5-17(16)11-31)37-23-21(24(38)36(37)15-27(28,29)30)12-32-25(34-23)33-19-6-8-22-18(10-19)13-35(4)14-26(22,2)3/h5-10,12H,13-15H2,1-4H3,(H,32,33,34). The molecule has 0 unspecified atom stereocenters. The molecule has 38 heavy (non-hydrogen) atoms. The number of aromatic nitrogens is 4. The highest BCUT2D eigenvalue weighted by Crippen LogP contribution is 2.34. The number of hydrogen-bond donors (Lipinski definition) is 1. The third-order valence-corrected chi connectivity index (χ3v) is 6.78. The maximum Gasteiger partial charge on any atom is 0.408 e. The molecule has 0 saturated heterocycles. The Labute approximate surface area is 216 Å². The summed E-state index contributed by atoms with van der Waals surface area (Å²) in [4.78, 5) is 23.9. The lowest BCUT2D eigenvalue weighted by Gasteiger charge is -2.38. The maximum atomic E-state index is 13.5. The van der Waals surface area contributed by atoms with Gasteiger partial charge in [-0.2, -0.15) is 23.4 Å². The molecule has 0 bridgehead atoms. The fourth-order valence-electron chi connectivity index (χ4n) is 5.27. The van der Waals surface area contributed by atoms with E-state index in [9.17, 15) is 23.2 Å². The monoisotopic (exact) mass is 521 g/mol. The molecule has 2 aromatic heterocycles. The third kappa shape index (κ3) is 4.63. The Kier molecular flexibility index (Phi) is 6.03. The zero-order valence-electron chi connectivity index (χ0n) is 21.4. The number of benzene rings is 2. The van der Waals surface area contributed by atoms with Crippen LogP contribution in [0.2, 0.25) is 0 Å². The van der Waals surface area contributed by atoms with Crippen LogP contribution in [-0.4, -0.2) is 44.0 Å². The SMILES string of the molecule is Cc1cc(-n2c3nc(Nc4ccc5c(c4)CN(C)CC5(C)C)ncc3c(=O)n2CC(F)(F)F)ccc1C#N. The van der Waals surface area contributed by atoms with Crippen LogP contribution in [0.3, 0.4) is 0 Å². The first-order valence-corrected chi connectivity index (χ1v) is 12.0. The molecular formula is C27H26F3N7O. The van der Waals surface area contributed by atoms with E-state index in [1.165, 1.54) is 23.9 Å². The van der Waals surface area contributed by atoms with E-state index in [0.29, 0.717) is 15.8 Å². The van der Waals surface area contributed by atoms with Gasteiger partial charge < -0.3 is 10.2 Å². The van der Waals surface area contributed by atoms with Crippen molar-refractivity contribution < 1.29 is 13.2 Å². The number of halogens is 3. The topological polar surface area (TPSA) is 91.8 Å². The van der Waals surface area contributed by atoms with Gasteiger partial charge in [0.2, 0.25) is 5.95 Å². The van der Waals surface area contributed by atoms with Crippen LogP contribution in [-0.2, 0) is 18.5 Å². The van der Waals surface area contributed by atoms with E-state index in [1.807, 2.05) is 18.2 Å². The average molecular weight is 522 g/mol. The summed E-state index contributed by atoms with van der Waals surface area (Å²) in [5, 5.41) is 12.4. The summed E-state index contributed by atoms with van der Waals surface area (Å²) >= 11 is 0. The summed E-state index contributed by atoms with van der Waals surface area (Å²) in [6.07, 6.45) is -3.40. The fraction of sp³-hybridized carbons (Fsp3) is 0.333. The fourth-order valence-corrected chi connectivity index (χ4v) is 5.27. The molecule has 8 nitrogen and oxygen atoms in total. The molecule has 196 valence electrons. The number of aryl methyl sites for hydroxylation is 1. The quantitative estimate of drug-likeness (QED) is 0.415. The van der Waals surface area contributed by atoms with E-state index in [-0.39, 0.29) is 28.1 Å². The van der Waals surface area contributed by atoms with E-state index < -0.39 is 18.3 Å². The Morgan fingerprint density at radius 2 is 1.95 bits per heavy atom. The van der Waals surface area contributed by atoms with Gasteiger partial charge in [-0.15, -0.1) is 0 Å². The second-order valence-corrected chi connectivity index (χ2v) is 10.4. The highest BCUT2D eigenvalue weighted by atomic mass is 19.4. The van der Waals surface area contributed by atoms with Gasteiger partial charge in [0.15, 0.2) is 5.65 Å². The van der Waals surface area contributed by atoms with Crippen molar-refractivity contribution >= 4 is 22.7 Å². The first-order valence-electron chi connectivity index (χ1n) is 12.0. The van der Waals surface area contributed by atoms with Crippen LogP contribution in [0.1, 0.15) is 36.1 Å². The Morgan fingerprint density at radius 3 is 2.63 bits per heavy atom. The molecule has 0 spiro atoms. The third-order valence-electron chi connectivity index (χ3n) is 6.78. The van der Waals surface area contributed by atoms with Gasteiger partial charge in [-0.25, -0.2) is 14.3 Å². The summed E-state index contributed by atoms with van der Waals surface area (Å²) < 4.78 is 42.1. The molecular weight excluding hydrogens is 495 g/mol. The molecule has 3 heterocycles. The van der Waals surface area contributed by atoms with Gasteiger partial charge in [-0.3, -0.25) is 4.79 Å². The molecule has 0 aliphatic carbocycles. The minimum Gasteiger partial charge on any atom is -0.324 e. The van der Waals surface area contributed by atoms with Crippen LogP contribution in [0.4, 0.5) is 24.8 Å². The van der Waals surface area contributed by atoms with Gasteiger partial charge in [0, 0.05) is 30.4 Å². The lowest BCUT2D eigenvalue weighted by molar-refractivity contribution is -0.144. The van der Waals surface area contributed by atoms with Crippen molar-refractivity contribution in [3.05, 3.63) is 75.2 Å². The van der Waals surface area contributed by atoms with E-state index in [0.717, 1.165) is 29.0 Å². The predicted octanol–water partition coefficient (Wildman–Crippen LogP) is 4.79. The zero-order valence-corrected chi connectivity index (χ0v) is 21.4. The number of hydrogen-bond acceptors (Lipinski definition) is 6. The highest BCUT2D eigenvalue weighted by molar-refractivity contribution is 5.77. The van der Waals surface area contributed by atoms with Crippen molar-refractivity contribution in [1.29, 1.82) is 5.26 Å². The first-order chi connectivity index (χ1) is 17.9. The zero-order chi connectivity index (χ0) is 27.4. The summed E-state index contributed by atoms with van der Waals surface area (Å²) in [5.74, 6) is 0.143. The smallest absolute Gasteiger partial charge is 0.324 e. The summed E-state index contributed by atoms with van der Waals surface area (Å²) in [6.45, 7) is 6.29. The minimum atomic E-state index is -4.64. The molecule has 0 fully saturated rings. The van der Waals surface area contributed by atoms with Crippen molar-refractivity contribution in [2.24, 2.45) is 0 Å². The van der Waals surface area contributed by atoms with Crippen molar-refractivity contribution in [1.82, 2.24) is 24.2 Å². The largest absolute Gasteiger partial charge is 0.408 e. The molecule has 1 aliphatic heterocycles. The van der Waals surface area contributed by atoms with E-state index >= 15 is 0 Å². The summed E-state index contributed by atoms with van der Waals surface area (Å²) in [7, 11) is 2.07. The van der Waals surface area contributed by atoms with Crippen LogP contribution >= 0.6 is 0 Å². The maximum absolute atomic E-state index is 13.5. The molecule has 1 aliphatic rings. The Hall–Kier alpha value is -4.17. The number of nitrogens with one attached hydrogen (secondary N) is 1. The van der Waals surface area contributed by atoms with E-state index in [4.69, 9.17) is 0 Å². The Balaban J connectivity index is 1.62. The summed E-state index contributed by atoms with van der Waals surface area (Å²) in [5.41, 5.74) is 3.54. The number of fused-ring (bicyclic) bond motifs is 2. The molecule has 0 saturated carbocycles. The number of nitrogens with zero attached hydrogens (tertiary/aromatic N) is 6. The predicted molar refractivity (Wildman–Crippen MR) is 138 cm³/mol. The van der Waals surface area contributed by atoms with Crippen molar-refractivity contribution in [2.75, 3.05) is 18.9 Å². The van der Waals surface area contributed by atoms with Crippen molar-refractivity contribution in [3.63, 3.8) is 0 Å². The van der Waals surface area contributed by atoms with Gasteiger partial charge in [0.05, 0.1) is 17.3 Å². The van der Waals surface area contributed by atoms with Crippen LogP contribution in [0.15, 0.2) is 47.4 Å². The van der Waals surface area contributed by atoms with Crippen LogP contribution in [0.25, 0.3) is 16.7 Å². The second-order valence-electron chi connectivity index (χ2n) is 10.4. The molecule has 1 N–H and O–H groups in total. The number of alkyl halides is 3. The number of rotatable bonds is 4. The lowest BCUT2D eigenvalue weighted by Crippen LogP contribution is -2.39. The molecule has 0 atom stereocenters. The van der Waals surface area contributed by atoms with Gasteiger partial charge in [0.1, 0.15) is 11.9 Å². The lowest BCUT2D eigenvalue weighted by atomic mass is 9.78. The van der Waals surface area contributed by atoms with Gasteiger partial charge >= 0.3 is 6.18 Å². The van der Waals surface area contributed by atoms with Gasteiger partial charge in [-0.1, -0.05) is 19.9 Å². The molecule has 5 rings (SSSR count). The van der Waals surface area contributed by atoms with Crippen LogP contribution < -0.4 is 10.9 Å². The molecule has 4 aromatic rings. The first kappa shape index (κ1) is 25.5. The van der Waals surface area contributed by atoms with Crippen molar-refractivity contribution in [3.8, 4) is 11.8 Å². The highest BCUT2D eigenvalue weighted by Gasteiger charge is 2.32. The molecule has 0 amide bonds. The average Bonchev–Trinajstić information content (AvgIpc) is 3.07. The van der Waals surface area contributed by atoms with Gasteiger partial charge in [-0.05, 0) is 61.0 Å². The molecule has 2 aromatic carbocycles. The Morgan fingerprint density at radius 1 is 1.18 bits per heavy atom. The normalized spacial score (nSPS) is 15.3. The minimum absolute atomic E-state index is 0.00698. The number of nitriles is 1. The van der Waals surface area contributed by atoms with Crippen molar-refractivity contribution in [2.45, 2.75) is 45.5 Å². The summed E-state index contributed by atoms with van der Waals surface area (Å²) in [6, 6.07) is 12.6. The molecule has 11 heteroatoms. The Bertz CT molecular complexity index is 1660. The second kappa shape index (κ2) is 8.99. The van der Waals surface area contributed by atoms with E-state index in [1.54, 1.807) is 13.0 Å². The number of anilines is 2. The number of likely N-dealkylation sites (N-methyl/N-ethyl adjacent to an activating group) is 1. The molecule has 0 radical (unpaired) electrons. The van der Waals surface area contributed by atoms with Gasteiger partial charge in [0.25, 0.3) is 5.56 Å².